The van der Waals surface area contributed by atoms with Crippen molar-refractivity contribution >= 4 is 5.97 Å². The Morgan fingerprint density at radius 3 is 3.00 bits per heavy atom. The van der Waals surface area contributed by atoms with Crippen molar-refractivity contribution in [2.75, 3.05) is 7.11 Å². The molecule has 106 valence electrons. The van der Waals surface area contributed by atoms with Crippen LogP contribution in [0.3, 0.4) is 0 Å². The van der Waals surface area contributed by atoms with Gasteiger partial charge in [-0.15, -0.1) is 0 Å². The molecule has 0 saturated carbocycles. The summed E-state index contributed by atoms with van der Waals surface area (Å²) in [7, 11) is 1.48. The number of azide groups is 1. The first kappa shape index (κ1) is 14.3. The molecule has 0 unspecified atom stereocenters. The number of carboxylic acid groups (broad SMARTS) is 1. The monoisotopic (exact) mass is 277 g/mol. The number of methoxy groups -OCH3 is 1. The summed E-state index contributed by atoms with van der Waals surface area (Å²) in [5.74, 6) is -0.964. The first-order valence-corrected chi connectivity index (χ1v) is 6.19. The molecule has 0 spiro atoms. The Labute approximate surface area is 115 Å². The predicted molar refractivity (Wildman–Crippen MR) is 70.3 cm³/mol. The maximum absolute atomic E-state index is 11.2. The van der Waals surface area contributed by atoms with Crippen molar-refractivity contribution in [1.82, 2.24) is 0 Å². The second-order valence-corrected chi connectivity index (χ2v) is 4.54. The fourth-order valence-corrected chi connectivity index (χ4v) is 2.38. The van der Waals surface area contributed by atoms with Crippen molar-refractivity contribution in [1.29, 1.82) is 0 Å². The number of carbonyl (C=O) groups is 1. The zero-order valence-corrected chi connectivity index (χ0v) is 11.0. The normalized spacial score (nSPS) is 25.1. The number of nitrogens with zero attached hydrogens (tertiary/aromatic N) is 3. The Hall–Kier alpha value is -2.08. The Morgan fingerprint density at radius 2 is 2.35 bits per heavy atom. The number of aromatic carboxylic acids is 1. The van der Waals surface area contributed by atoms with Crippen molar-refractivity contribution in [3.63, 3.8) is 0 Å². The average molecular weight is 277 g/mol. The molecule has 0 radical (unpaired) electrons. The van der Waals surface area contributed by atoms with E-state index in [1.54, 1.807) is 24.3 Å². The highest BCUT2D eigenvalue weighted by atomic mass is 16.7. The molecule has 1 N–H and O–H groups in total. The molecule has 7 nitrogen and oxygen atoms in total. The SMILES string of the molecule is CO[C@@H]1O[C@@H](Cc2ccccc2C(=O)O)C[C@H]1N=[N+]=[N-]. The summed E-state index contributed by atoms with van der Waals surface area (Å²) in [6.45, 7) is 0. The van der Waals surface area contributed by atoms with Crippen molar-refractivity contribution in [3.05, 3.63) is 45.8 Å². The van der Waals surface area contributed by atoms with Crippen LogP contribution in [0.5, 0.6) is 0 Å². The summed E-state index contributed by atoms with van der Waals surface area (Å²) in [4.78, 5) is 13.9. The lowest BCUT2D eigenvalue weighted by atomic mass is 9.99. The van der Waals surface area contributed by atoms with E-state index in [1.807, 2.05) is 0 Å². The number of rotatable bonds is 5. The molecule has 0 aliphatic carbocycles. The minimum absolute atomic E-state index is 0.226. The van der Waals surface area contributed by atoms with E-state index in [1.165, 1.54) is 7.11 Å². The predicted octanol–water partition coefficient (Wildman–Crippen LogP) is 2.37. The van der Waals surface area contributed by atoms with Gasteiger partial charge in [-0.05, 0) is 30.0 Å². The molecule has 1 aliphatic rings. The summed E-state index contributed by atoms with van der Waals surface area (Å²) in [6.07, 6.45) is 0.153. The second kappa shape index (κ2) is 6.38. The highest BCUT2D eigenvalue weighted by molar-refractivity contribution is 5.89. The molecule has 7 heteroatoms. The summed E-state index contributed by atoms with van der Waals surface area (Å²) >= 11 is 0. The van der Waals surface area contributed by atoms with Gasteiger partial charge < -0.3 is 14.6 Å². The molecule has 2 rings (SSSR count). The van der Waals surface area contributed by atoms with Crippen molar-refractivity contribution in [3.8, 4) is 0 Å². The van der Waals surface area contributed by atoms with Gasteiger partial charge in [0.15, 0.2) is 6.29 Å². The van der Waals surface area contributed by atoms with Gasteiger partial charge in [-0.1, -0.05) is 23.3 Å². The minimum Gasteiger partial charge on any atom is -0.478 e. The third-order valence-corrected chi connectivity index (χ3v) is 3.27. The van der Waals surface area contributed by atoms with Crippen LogP contribution < -0.4 is 0 Å². The zero-order valence-electron chi connectivity index (χ0n) is 11.0. The number of hydrogen-bond donors (Lipinski definition) is 1. The van der Waals surface area contributed by atoms with E-state index in [2.05, 4.69) is 10.0 Å². The van der Waals surface area contributed by atoms with Crippen LogP contribution in [0.15, 0.2) is 29.4 Å². The maximum atomic E-state index is 11.2. The van der Waals surface area contributed by atoms with E-state index in [0.29, 0.717) is 18.4 Å². The summed E-state index contributed by atoms with van der Waals surface area (Å²) in [6, 6.07) is 6.41. The molecule has 1 saturated heterocycles. The van der Waals surface area contributed by atoms with Crippen LogP contribution in [0, 0.1) is 0 Å². The molecule has 1 aliphatic heterocycles. The summed E-state index contributed by atoms with van der Waals surface area (Å²) in [5.41, 5.74) is 9.46. The molecular formula is C13H15N3O4. The fraction of sp³-hybridized carbons (Fsp3) is 0.462. The van der Waals surface area contributed by atoms with Crippen LogP contribution in [0.1, 0.15) is 22.3 Å². The minimum atomic E-state index is -0.964. The Kier molecular flexibility index (Phi) is 4.57. The Morgan fingerprint density at radius 1 is 1.60 bits per heavy atom. The molecule has 20 heavy (non-hydrogen) atoms. The third kappa shape index (κ3) is 3.08. The zero-order chi connectivity index (χ0) is 14.5. The van der Waals surface area contributed by atoms with Gasteiger partial charge in [0.1, 0.15) is 0 Å². The Bertz CT molecular complexity index is 542. The highest BCUT2D eigenvalue weighted by Gasteiger charge is 2.35. The second-order valence-electron chi connectivity index (χ2n) is 4.54. The maximum Gasteiger partial charge on any atom is 0.335 e. The van der Waals surface area contributed by atoms with E-state index < -0.39 is 12.3 Å². The van der Waals surface area contributed by atoms with Gasteiger partial charge in [0.2, 0.25) is 0 Å². The third-order valence-electron chi connectivity index (χ3n) is 3.27. The molecule has 1 fully saturated rings. The van der Waals surface area contributed by atoms with Gasteiger partial charge in [-0.3, -0.25) is 0 Å². The number of hydrogen-bond acceptors (Lipinski definition) is 4. The van der Waals surface area contributed by atoms with Crippen LogP contribution in [0.25, 0.3) is 10.4 Å². The van der Waals surface area contributed by atoms with Crippen LogP contribution in [-0.4, -0.2) is 36.6 Å². The van der Waals surface area contributed by atoms with Crippen LogP contribution in [0.4, 0.5) is 0 Å². The lowest BCUT2D eigenvalue weighted by Gasteiger charge is -2.14. The first-order valence-electron chi connectivity index (χ1n) is 6.19. The number of carboxylic acids is 1. The number of ether oxygens (including phenoxy) is 2. The lowest BCUT2D eigenvalue weighted by Crippen LogP contribution is -2.21. The highest BCUT2D eigenvalue weighted by Crippen LogP contribution is 2.27. The lowest BCUT2D eigenvalue weighted by molar-refractivity contribution is -0.119. The van der Waals surface area contributed by atoms with E-state index in [9.17, 15) is 4.79 Å². The molecule has 0 bridgehead atoms. The summed E-state index contributed by atoms with van der Waals surface area (Å²) < 4.78 is 10.8. The van der Waals surface area contributed by atoms with E-state index in [0.717, 1.165) is 0 Å². The van der Waals surface area contributed by atoms with Crippen molar-refractivity contribution in [2.45, 2.75) is 31.3 Å². The van der Waals surface area contributed by atoms with Crippen LogP contribution in [-0.2, 0) is 15.9 Å². The van der Waals surface area contributed by atoms with Gasteiger partial charge in [0.25, 0.3) is 0 Å². The molecule has 1 heterocycles. The average Bonchev–Trinajstić information content (AvgIpc) is 2.81. The first-order chi connectivity index (χ1) is 9.65. The van der Waals surface area contributed by atoms with Gasteiger partial charge in [-0.2, -0.15) is 0 Å². The van der Waals surface area contributed by atoms with Crippen molar-refractivity contribution in [2.24, 2.45) is 5.11 Å². The van der Waals surface area contributed by atoms with Crippen molar-refractivity contribution < 1.29 is 19.4 Å². The van der Waals surface area contributed by atoms with Gasteiger partial charge in [0, 0.05) is 12.0 Å². The van der Waals surface area contributed by atoms with E-state index in [-0.39, 0.29) is 17.7 Å². The molecular weight excluding hydrogens is 262 g/mol. The van der Waals surface area contributed by atoms with Crippen LogP contribution in [0.2, 0.25) is 0 Å². The smallest absolute Gasteiger partial charge is 0.335 e. The van der Waals surface area contributed by atoms with E-state index >= 15 is 0 Å². The quantitative estimate of drug-likeness (QED) is 0.506. The largest absolute Gasteiger partial charge is 0.478 e. The van der Waals surface area contributed by atoms with Crippen LogP contribution >= 0.6 is 0 Å². The van der Waals surface area contributed by atoms with Gasteiger partial charge >= 0.3 is 5.97 Å². The molecule has 3 atom stereocenters. The molecule has 1 aromatic carbocycles. The van der Waals surface area contributed by atoms with Gasteiger partial charge in [0.05, 0.1) is 17.7 Å². The molecule has 0 aromatic heterocycles. The standard InChI is InChI=1S/C13H15N3O4/c1-19-13-11(15-16-14)7-9(20-13)6-8-4-2-3-5-10(8)12(17)18/h2-5,9,11,13H,6-7H2,1H3,(H,17,18)/t9-,11+,13+/m0/s1. The topological polar surface area (TPSA) is 105 Å². The fourth-order valence-electron chi connectivity index (χ4n) is 2.38. The number of benzene rings is 1. The molecule has 1 aromatic rings. The van der Waals surface area contributed by atoms with E-state index in [4.69, 9.17) is 20.1 Å². The Balaban J connectivity index is 2.12. The summed E-state index contributed by atoms with van der Waals surface area (Å²) in [5, 5.41) is 12.8. The molecule has 0 amide bonds. The van der Waals surface area contributed by atoms with Gasteiger partial charge in [-0.25, -0.2) is 4.79 Å².